The van der Waals surface area contributed by atoms with Gasteiger partial charge in [-0.25, -0.2) is 0 Å². The van der Waals surface area contributed by atoms with Gasteiger partial charge in [0, 0.05) is 82.5 Å². The molecule has 6 heterocycles. The molecule has 12 aromatic rings. The standard InChI is InChI=1S/2C20H18NSSi.2C14H12N.2Ir/c1-23(2,3)18-12-7-11-17-19(18)15-9-6-8-14(20(15)22-17)16-10-4-5-13-21-16;1-23(2,3)18-12-11-14(16-9-6-7-13-21-16)20-19(18)15-8-4-5-10-17(15)22-20;2*1-2-4-12(5-3-1)14-10-13(8-9-15-14)11-6-7-11;;/h4-7,9-13H,1-3H3;4-10,12-13H,1-3H3;2*1-4,8-11H,6-7H2;;/q4*-1;;. The van der Waals surface area contributed by atoms with Crippen LogP contribution in [-0.2, 0) is 40.2 Å². The topological polar surface area (TPSA) is 51.6 Å². The van der Waals surface area contributed by atoms with Gasteiger partial charge in [0.1, 0.15) is 0 Å². The van der Waals surface area contributed by atoms with Crippen LogP contribution in [0.3, 0.4) is 0 Å². The normalized spacial score (nSPS) is 13.0. The largest absolute Gasteiger partial charge is 0.305 e. The molecule has 2 aliphatic carbocycles. The van der Waals surface area contributed by atoms with E-state index in [1.54, 1.807) is 5.19 Å². The zero-order valence-corrected chi connectivity index (χ0v) is 53.2. The number of thiophene rings is 2. The minimum atomic E-state index is -1.45. The number of hydrogen-bond acceptors (Lipinski definition) is 6. The molecule has 0 amide bonds. The molecule has 0 unspecified atom stereocenters. The van der Waals surface area contributed by atoms with Gasteiger partial charge in [0.15, 0.2) is 0 Å². The minimum Gasteiger partial charge on any atom is -0.305 e. The molecule has 0 atom stereocenters. The Morgan fingerprint density at radius 2 is 0.923 bits per heavy atom. The fraction of sp³-hybridized carbons (Fsp3) is 0.176. The average Bonchev–Trinajstić information content (AvgIpc) is 4.54. The number of rotatable bonds is 8. The van der Waals surface area contributed by atoms with Crippen LogP contribution in [0, 0.1) is 24.3 Å². The van der Waals surface area contributed by atoms with Crippen molar-refractivity contribution in [3.8, 4) is 45.0 Å². The second kappa shape index (κ2) is 25.0. The Kier molecular flexibility index (Phi) is 18.2. The third-order valence-corrected chi connectivity index (χ3v) is 20.4. The van der Waals surface area contributed by atoms with Crippen molar-refractivity contribution in [2.75, 3.05) is 0 Å². The molecule has 78 heavy (non-hydrogen) atoms. The van der Waals surface area contributed by atoms with Gasteiger partial charge in [-0.2, -0.15) is 22.7 Å². The molecule has 2 saturated carbocycles. The van der Waals surface area contributed by atoms with E-state index in [1.807, 2.05) is 114 Å². The molecule has 4 nitrogen and oxygen atoms in total. The summed E-state index contributed by atoms with van der Waals surface area (Å²) in [4.78, 5) is 17.8. The molecule has 0 spiro atoms. The van der Waals surface area contributed by atoms with Crippen molar-refractivity contribution < 1.29 is 40.2 Å². The molecular weight excluding hydrogens is 1380 g/mol. The molecule has 0 bridgehead atoms. The van der Waals surface area contributed by atoms with E-state index in [-0.39, 0.29) is 40.2 Å². The van der Waals surface area contributed by atoms with Crippen molar-refractivity contribution >= 4 is 89.5 Å². The molecule has 6 aromatic heterocycles. The average molecular weight is 1440 g/mol. The number of benzene rings is 6. The summed E-state index contributed by atoms with van der Waals surface area (Å²) in [5.74, 6) is 1.57. The summed E-state index contributed by atoms with van der Waals surface area (Å²) < 4.78 is 5.34. The van der Waals surface area contributed by atoms with Gasteiger partial charge in [0.25, 0.3) is 0 Å². The summed E-state index contributed by atoms with van der Waals surface area (Å²) in [6, 6.07) is 72.1. The van der Waals surface area contributed by atoms with E-state index in [2.05, 4.69) is 187 Å². The Labute approximate surface area is 497 Å². The number of fused-ring (bicyclic) bond motifs is 6. The number of pyridine rings is 4. The van der Waals surface area contributed by atoms with Gasteiger partial charge in [0.2, 0.25) is 0 Å². The third kappa shape index (κ3) is 13.1. The quantitative estimate of drug-likeness (QED) is 0.112. The van der Waals surface area contributed by atoms with Crippen LogP contribution < -0.4 is 10.4 Å². The maximum absolute atomic E-state index is 4.55. The summed E-state index contributed by atoms with van der Waals surface area (Å²) in [6.07, 6.45) is 12.9. The van der Waals surface area contributed by atoms with E-state index in [0.717, 1.165) is 56.9 Å². The van der Waals surface area contributed by atoms with Crippen LogP contribution >= 0.6 is 22.7 Å². The fourth-order valence-electron chi connectivity index (χ4n) is 9.82. The summed E-state index contributed by atoms with van der Waals surface area (Å²) in [5, 5.41) is 8.62. The summed E-state index contributed by atoms with van der Waals surface area (Å²) in [6.45, 7) is 14.5. The van der Waals surface area contributed by atoms with Gasteiger partial charge in [-0.1, -0.05) is 133 Å². The zero-order valence-electron chi connectivity index (χ0n) is 44.7. The fourth-order valence-corrected chi connectivity index (χ4v) is 15.6. The number of hydrogen-bond donors (Lipinski definition) is 0. The van der Waals surface area contributed by atoms with E-state index in [0.29, 0.717) is 0 Å². The SMILES string of the molecule is C[Si](C)(C)c1c[c-]c(-c2ccccn2)c2sc3ccccc3c12.C[Si](C)(C)c1cccc2sc3c(-c4ccccn4)[c-]ccc3c12.[Ir].[Ir].[c-]1ccccc1-c1cc(C2CC2)ccn1.[c-]1ccccc1-c1cc(C2CC2)ccn1. The molecule has 6 aromatic carbocycles. The molecule has 0 aliphatic heterocycles. The van der Waals surface area contributed by atoms with Crippen molar-refractivity contribution in [3.63, 3.8) is 0 Å². The molecule has 394 valence electrons. The van der Waals surface area contributed by atoms with Crippen LogP contribution in [0.4, 0.5) is 0 Å². The first kappa shape index (κ1) is 56.8. The van der Waals surface area contributed by atoms with Gasteiger partial charge < -0.3 is 19.9 Å². The van der Waals surface area contributed by atoms with Crippen LogP contribution in [0.2, 0.25) is 39.3 Å². The summed E-state index contributed by atoms with van der Waals surface area (Å²) >= 11 is 3.73. The van der Waals surface area contributed by atoms with E-state index < -0.39 is 16.1 Å². The van der Waals surface area contributed by atoms with Gasteiger partial charge >= 0.3 is 0 Å². The van der Waals surface area contributed by atoms with Crippen LogP contribution in [0.15, 0.2) is 195 Å². The Bertz CT molecular complexity index is 3830. The van der Waals surface area contributed by atoms with E-state index in [4.69, 9.17) is 0 Å². The van der Waals surface area contributed by atoms with E-state index in [1.165, 1.54) is 82.3 Å². The van der Waals surface area contributed by atoms with Gasteiger partial charge in [-0.3, -0.25) is 0 Å². The van der Waals surface area contributed by atoms with E-state index >= 15 is 0 Å². The molecule has 2 fully saturated rings. The van der Waals surface area contributed by atoms with Gasteiger partial charge in [-0.05, 0) is 117 Å². The Balaban J connectivity index is 0.000000128. The predicted octanol–water partition coefficient (Wildman–Crippen LogP) is 17.8. The van der Waals surface area contributed by atoms with Gasteiger partial charge in [0.05, 0.1) is 8.07 Å². The van der Waals surface area contributed by atoms with Crippen LogP contribution in [0.5, 0.6) is 0 Å². The Morgan fingerprint density at radius 1 is 0.410 bits per heavy atom. The second-order valence-corrected chi connectivity index (χ2v) is 33.9. The van der Waals surface area contributed by atoms with Crippen molar-refractivity contribution in [1.82, 2.24) is 19.9 Å². The first-order valence-corrected chi connectivity index (χ1v) is 35.0. The molecule has 0 N–H and O–H groups in total. The van der Waals surface area contributed by atoms with Crippen LogP contribution in [0.25, 0.3) is 85.4 Å². The maximum Gasteiger partial charge on any atom is 0.0783 e. The minimum absolute atomic E-state index is 0. The maximum atomic E-state index is 4.55. The second-order valence-electron chi connectivity index (χ2n) is 21.7. The summed E-state index contributed by atoms with van der Waals surface area (Å²) in [7, 11) is -2.84. The molecule has 2 aliphatic rings. The first-order valence-electron chi connectivity index (χ1n) is 26.4. The molecule has 0 saturated heterocycles. The number of aromatic nitrogens is 4. The van der Waals surface area contributed by atoms with Crippen molar-refractivity contribution in [2.24, 2.45) is 0 Å². The zero-order chi connectivity index (χ0) is 52.2. The Morgan fingerprint density at radius 3 is 1.45 bits per heavy atom. The van der Waals surface area contributed by atoms with E-state index in [9.17, 15) is 0 Å². The van der Waals surface area contributed by atoms with Gasteiger partial charge in [-0.15, -0.1) is 118 Å². The monoisotopic (exact) mass is 1440 g/mol. The van der Waals surface area contributed by atoms with Crippen LogP contribution in [-0.4, -0.2) is 36.1 Å². The van der Waals surface area contributed by atoms with Crippen molar-refractivity contribution in [3.05, 3.63) is 230 Å². The Hall–Kier alpha value is -5.91. The van der Waals surface area contributed by atoms with Crippen molar-refractivity contribution in [1.29, 1.82) is 0 Å². The number of nitrogens with zero attached hydrogens (tertiary/aromatic N) is 4. The summed E-state index contributed by atoms with van der Waals surface area (Å²) in [5.41, 5.74) is 11.4. The molecule has 2 radical (unpaired) electrons. The predicted molar refractivity (Wildman–Crippen MR) is 330 cm³/mol. The third-order valence-electron chi connectivity index (χ3n) is 14.0. The molecule has 10 heteroatoms. The van der Waals surface area contributed by atoms with Crippen LogP contribution in [0.1, 0.15) is 48.6 Å². The van der Waals surface area contributed by atoms with Crippen molar-refractivity contribution in [2.45, 2.75) is 76.8 Å². The first-order chi connectivity index (χ1) is 37.0. The smallest absolute Gasteiger partial charge is 0.0783 e. The molecular formula is C68H60Ir2N4S2Si2-4. The molecule has 14 rings (SSSR count).